The first kappa shape index (κ1) is 18.8. The van der Waals surface area contributed by atoms with Crippen LogP contribution < -0.4 is 4.72 Å². The zero-order valence-corrected chi connectivity index (χ0v) is 16.8. The summed E-state index contributed by atoms with van der Waals surface area (Å²) in [4.78, 5) is 16.6. The lowest BCUT2D eigenvalue weighted by molar-refractivity contribution is -0.117. The summed E-state index contributed by atoms with van der Waals surface area (Å²) in [6.45, 7) is 0. The first-order valence-electron chi connectivity index (χ1n) is 9.12. The Morgan fingerprint density at radius 1 is 1.00 bits per heavy atom. The maximum atomic E-state index is 12.4. The van der Waals surface area contributed by atoms with Gasteiger partial charge in [-0.1, -0.05) is 54.6 Å². The molecule has 144 valence electrons. The highest BCUT2D eigenvalue weighted by molar-refractivity contribution is 7.93. The van der Waals surface area contributed by atoms with Gasteiger partial charge in [0, 0.05) is 18.2 Å². The summed E-state index contributed by atoms with van der Waals surface area (Å²) >= 11 is 1.22. The fraction of sp³-hybridized carbons (Fsp3) is 0.238. The minimum absolute atomic E-state index is 0.0503. The van der Waals surface area contributed by atoms with E-state index in [9.17, 15) is 13.2 Å². The molecule has 0 bridgehead atoms. The van der Waals surface area contributed by atoms with Crippen molar-refractivity contribution in [2.75, 3.05) is 4.72 Å². The van der Waals surface area contributed by atoms with Crippen molar-refractivity contribution >= 4 is 32.3 Å². The van der Waals surface area contributed by atoms with Crippen molar-refractivity contribution in [2.45, 2.75) is 30.9 Å². The summed E-state index contributed by atoms with van der Waals surface area (Å²) in [6, 6.07) is 18.1. The number of Topliss-reactive ketones (excluding diaryl/α,β-unsaturated/α-hetero) is 1. The van der Waals surface area contributed by atoms with Gasteiger partial charge in [-0.2, -0.15) is 0 Å². The highest BCUT2D eigenvalue weighted by Gasteiger charge is 2.36. The number of aromatic nitrogens is 1. The van der Waals surface area contributed by atoms with Crippen molar-refractivity contribution < 1.29 is 13.2 Å². The van der Waals surface area contributed by atoms with Crippen molar-refractivity contribution in [1.82, 2.24) is 4.98 Å². The highest BCUT2D eigenvalue weighted by Crippen LogP contribution is 2.30. The molecule has 1 saturated carbocycles. The van der Waals surface area contributed by atoms with Crippen LogP contribution in [0.4, 0.5) is 5.13 Å². The molecule has 1 aliphatic carbocycles. The second kappa shape index (κ2) is 7.85. The lowest BCUT2D eigenvalue weighted by atomic mass is 10.0. The minimum atomic E-state index is -3.32. The second-order valence-electron chi connectivity index (χ2n) is 6.95. The van der Waals surface area contributed by atoms with Gasteiger partial charge in [0.25, 0.3) is 0 Å². The third-order valence-corrected chi connectivity index (χ3v) is 7.35. The van der Waals surface area contributed by atoms with Gasteiger partial charge in [-0.05, 0) is 29.5 Å². The Balaban J connectivity index is 1.34. The summed E-state index contributed by atoms with van der Waals surface area (Å²) < 4.78 is 26.4. The molecule has 1 aliphatic rings. The van der Waals surface area contributed by atoms with E-state index in [1.54, 1.807) is 5.38 Å². The van der Waals surface area contributed by atoms with Crippen molar-refractivity contribution in [3.63, 3.8) is 0 Å². The van der Waals surface area contributed by atoms with Gasteiger partial charge in [0.15, 0.2) is 5.13 Å². The van der Waals surface area contributed by atoms with Crippen LogP contribution >= 0.6 is 11.3 Å². The molecular formula is C21H20N2O3S2. The highest BCUT2D eigenvalue weighted by atomic mass is 32.2. The minimum Gasteiger partial charge on any atom is -0.299 e. The largest absolute Gasteiger partial charge is 0.299 e. The van der Waals surface area contributed by atoms with Crippen LogP contribution in [0.25, 0.3) is 11.1 Å². The van der Waals surface area contributed by atoms with Crippen molar-refractivity contribution in [3.8, 4) is 11.1 Å². The molecule has 0 unspecified atom stereocenters. The van der Waals surface area contributed by atoms with E-state index in [4.69, 9.17) is 0 Å². The van der Waals surface area contributed by atoms with Crippen molar-refractivity contribution in [2.24, 2.45) is 0 Å². The van der Waals surface area contributed by atoms with E-state index in [0.29, 0.717) is 30.1 Å². The van der Waals surface area contributed by atoms with Crippen LogP contribution in [-0.2, 0) is 27.7 Å². The lowest BCUT2D eigenvalue weighted by Gasteiger charge is -2.04. The topological polar surface area (TPSA) is 76.1 Å². The Bertz CT molecular complexity index is 1070. The molecule has 0 aliphatic heterocycles. The summed E-state index contributed by atoms with van der Waals surface area (Å²) in [6.07, 6.45) is 1.93. The van der Waals surface area contributed by atoms with Gasteiger partial charge in [0.2, 0.25) is 10.0 Å². The molecule has 5 nitrogen and oxygen atoms in total. The van der Waals surface area contributed by atoms with Crippen LogP contribution in [0.2, 0.25) is 0 Å². The van der Waals surface area contributed by atoms with Gasteiger partial charge in [0.05, 0.1) is 10.9 Å². The van der Waals surface area contributed by atoms with Gasteiger partial charge in [-0.25, -0.2) is 13.4 Å². The number of nitrogens with one attached hydrogen (secondary N) is 1. The van der Waals surface area contributed by atoms with Crippen LogP contribution in [0.3, 0.4) is 0 Å². The quantitative estimate of drug-likeness (QED) is 0.605. The first-order chi connectivity index (χ1) is 13.5. The first-order valence-corrected chi connectivity index (χ1v) is 11.5. The number of hydrogen-bond donors (Lipinski definition) is 1. The second-order valence-corrected chi connectivity index (χ2v) is 9.76. The molecule has 0 saturated heterocycles. The van der Waals surface area contributed by atoms with Crippen molar-refractivity contribution in [3.05, 3.63) is 71.2 Å². The molecule has 1 aromatic heterocycles. The monoisotopic (exact) mass is 412 g/mol. The fourth-order valence-electron chi connectivity index (χ4n) is 2.96. The Labute approximate surface area is 168 Å². The zero-order chi connectivity index (χ0) is 19.6. The average Bonchev–Trinajstić information content (AvgIpc) is 3.46. The Kier molecular flexibility index (Phi) is 5.28. The van der Waals surface area contributed by atoms with Crippen LogP contribution in [-0.4, -0.2) is 24.4 Å². The van der Waals surface area contributed by atoms with Crippen LogP contribution in [0.5, 0.6) is 0 Å². The molecule has 1 N–H and O–H groups in total. The van der Waals surface area contributed by atoms with Crippen LogP contribution in [0.1, 0.15) is 24.1 Å². The number of carbonyl (C=O) groups is 1. The molecule has 0 atom stereocenters. The van der Waals surface area contributed by atoms with Gasteiger partial charge in [0.1, 0.15) is 5.78 Å². The number of sulfonamides is 1. The maximum Gasteiger partial charge on any atom is 0.237 e. The maximum absolute atomic E-state index is 12.4. The Morgan fingerprint density at radius 3 is 2.36 bits per heavy atom. The molecule has 2 aromatic carbocycles. The normalized spacial score (nSPS) is 14.0. The molecule has 0 amide bonds. The van der Waals surface area contributed by atoms with E-state index in [0.717, 1.165) is 16.7 Å². The number of thiazole rings is 1. The molecular weight excluding hydrogens is 392 g/mol. The molecule has 4 rings (SSSR count). The van der Waals surface area contributed by atoms with Gasteiger partial charge in [-0.3, -0.25) is 9.52 Å². The third-order valence-electron chi connectivity index (χ3n) is 4.59. The standard InChI is InChI=1S/C21H20N2O3S2/c24-19(12-15-6-8-17(9-7-15)16-4-2-1-3-5-16)13-18-14-27-21(22-18)23-28(25,26)20-10-11-20/h1-9,14,20H,10-13H2,(H,22,23). The van der Waals surface area contributed by atoms with E-state index in [1.165, 1.54) is 11.3 Å². The van der Waals surface area contributed by atoms with Crippen LogP contribution in [0, 0.1) is 0 Å². The summed E-state index contributed by atoms with van der Waals surface area (Å²) in [5.74, 6) is 0.0503. The molecule has 28 heavy (non-hydrogen) atoms. The summed E-state index contributed by atoms with van der Waals surface area (Å²) in [5.41, 5.74) is 3.81. The van der Waals surface area contributed by atoms with Gasteiger partial charge >= 0.3 is 0 Å². The number of carbonyl (C=O) groups excluding carboxylic acids is 1. The molecule has 1 heterocycles. The smallest absolute Gasteiger partial charge is 0.237 e. The van der Waals surface area contributed by atoms with E-state index in [-0.39, 0.29) is 17.5 Å². The lowest BCUT2D eigenvalue weighted by Crippen LogP contribution is -2.17. The fourth-order valence-corrected chi connectivity index (χ4v) is 5.26. The molecule has 1 fully saturated rings. The summed E-state index contributed by atoms with van der Waals surface area (Å²) in [7, 11) is -3.32. The van der Waals surface area contributed by atoms with Gasteiger partial charge < -0.3 is 0 Å². The zero-order valence-electron chi connectivity index (χ0n) is 15.2. The third kappa shape index (κ3) is 4.66. The molecule has 3 aromatic rings. The predicted octanol–water partition coefficient (Wildman–Crippen LogP) is 4.07. The number of nitrogens with zero attached hydrogens (tertiary/aromatic N) is 1. The van der Waals surface area contributed by atoms with E-state index >= 15 is 0 Å². The van der Waals surface area contributed by atoms with E-state index < -0.39 is 10.0 Å². The van der Waals surface area contributed by atoms with Crippen LogP contribution in [0.15, 0.2) is 60.0 Å². The van der Waals surface area contributed by atoms with Gasteiger partial charge in [-0.15, -0.1) is 11.3 Å². The average molecular weight is 413 g/mol. The molecule has 7 heteroatoms. The Hall–Kier alpha value is -2.51. The number of anilines is 1. The molecule has 0 radical (unpaired) electrons. The number of rotatable bonds is 8. The SMILES string of the molecule is O=C(Cc1ccc(-c2ccccc2)cc1)Cc1csc(NS(=O)(=O)C2CC2)n1. The number of hydrogen-bond acceptors (Lipinski definition) is 5. The van der Waals surface area contributed by atoms with E-state index in [2.05, 4.69) is 21.8 Å². The van der Waals surface area contributed by atoms with E-state index in [1.807, 2.05) is 42.5 Å². The van der Waals surface area contributed by atoms with Crippen molar-refractivity contribution in [1.29, 1.82) is 0 Å². The Morgan fingerprint density at radius 2 is 1.68 bits per heavy atom. The number of ketones is 1. The summed E-state index contributed by atoms with van der Waals surface area (Å²) in [5, 5.41) is 1.78. The molecule has 0 spiro atoms. The predicted molar refractivity (Wildman–Crippen MR) is 112 cm³/mol. The number of benzene rings is 2.